The molecule has 0 aromatic heterocycles. The Hall–Kier alpha value is -3.30. The van der Waals surface area contributed by atoms with E-state index in [-0.39, 0.29) is 0 Å². The highest BCUT2D eigenvalue weighted by atomic mass is 32.2. The largest absolute Gasteiger partial charge is 0.363 e. The molecular formula is C34H43N3O6S2. The molecule has 1 aromatic rings. The van der Waals surface area contributed by atoms with Crippen molar-refractivity contribution < 1.29 is 25.9 Å². The maximum absolute atomic E-state index is 12.2. The molecule has 1 heterocycles. The van der Waals surface area contributed by atoms with Gasteiger partial charge in [-0.3, -0.25) is 14.1 Å². The number of likely N-dealkylation sites (N-methyl/N-ethyl adjacent to an activating group) is 1. The molecule has 242 valence electrons. The first kappa shape index (κ1) is 34.6. The molecule has 1 aromatic carbocycles. The first-order valence-corrected chi connectivity index (χ1v) is 18.2. The summed E-state index contributed by atoms with van der Waals surface area (Å²) in [6.45, 7) is 18.9. The lowest BCUT2D eigenvalue weighted by molar-refractivity contribution is 0.483. The summed E-state index contributed by atoms with van der Waals surface area (Å²) in [5.74, 6) is -1.18. The highest BCUT2D eigenvalue weighted by Gasteiger charge is 2.42. The number of allylic oxidation sites excluding steroid dienone is 7. The molecule has 11 heteroatoms. The Kier molecular flexibility index (Phi) is 8.83. The van der Waals surface area contributed by atoms with Crippen molar-refractivity contribution in [3.63, 3.8) is 0 Å². The van der Waals surface area contributed by atoms with Crippen LogP contribution in [0, 0.1) is 16.7 Å². The van der Waals surface area contributed by atoms with E-state index in [1.807, 2.05) is 72.8 Å². The molecule has 0 unspecified atom stereocenters. The molecule has 2 N–H and O–H groups in total. The van der Waals surface area contributed by atoms with Crippen molar-refractivity contribution in [1.29, 1.82) is 5.26 Å². The summed E-state index contributed by atoms with van der Waals surface area (Å²) in [6.07, 6.45) is 7.36. The number of benzene rings is 1. The van der Waals surface area contributed by atoms with Crippen LogP contribution < -0.4 is 4.90 Å². The van der Waals surface area contributed by atoms with Crippen LogP contribution in [0.5, 0.6) is 0 Å². The van der Waals surface area contributed by atoms with Crippen LogP contribution in [0.25, 0.3) is 11.1 Å². The highest BCUT2D eigenvalue weighted by Crippen LogP contribution is 2.52. The maximum Gasteiger partial charge on any atom is 0.269 e. The number of rotatable bonds is 7. The molecule has 4 rings (SSSR count). The van der Waals surface area contributed by atoms with E-state index in [1.165, 1.54) is 0 Å². The van der Waals surface area contributed by atoms with Gasteiger partial charge in [0.25, 0.3) is 20.2 Å². The van der Waals surface area contributed by atoms with Crippen LogP contribution in [-0.2, 0) is 25.7 Å². The summed E-state index contributed by atoms with van der Waals surface area (Å²) in [5.41, 5.74) is 5.06. The summed E-state index contributed by atoms with van der Waals surface area (Å²) in [6, 6.07) is 6.25. The minimum atomic E-state index is -4.40. The quantitative estimate of drug-likeness (QED) is 0.324. The Morgan fingerprint density at radius 2 is 1.67 bits per heavy atom. The lowest BCUT2D eigenvalue weighted by Crippen LogP contribution is -2.45. The Bertz CT molecular complexity index is 1910. The van der Waals surface area contributed by atoms with Crippen molar-refractivity contribution in [2.24, 2.45) is 10.4 Å². The van der Waals surface area contributed by atoms with E-state index in [0.717, 1.165) is 16.8 Å². The number of anilines is 1. The molecule has 2 aliphatic carbocycles. The Morgan fingerprint density at radius 1 is 1.02 bits per heavy atom. The van der Waals surface area contributed by atoms with Gasteiger partial charge in [0.15, 0.2) is 0 Å². The van der Waals surface area contributed by atoms with E-state index in [2.05, 4.69) is 24.8 Å². The van der Waals surface area contributed by atoms with Crippen LogP contribution in [0.2, 0.25) is 0 Å². The van der Waals surface area contributed by atoms with Gasteiger partial charge in [0.05, 0.1) is 16.8 Å². The number of fused-ring (bicyclic) bond motifs is 3. The first-order chi connectivity index (χ1) is 20.5. The monoisotopic (exact) mass is 653 g/mol. The van der Waals surface area contributed by atoms with Crippen molar-refractivity contribution in [3.8, 4) is 6.07 Å². The number of nitriles is 1. The second kappa shape index (κ2) is 11.5. The average Bonchev–Trinajstić information content (AvgIpc) is 2.85. The van der Waals surface area contributed by atoms with Crippen molar-refractivity contribution in [3.05, 3.63) is 75.4 Å². The van der Waals surface area contributed by atoms with Crippen molar-refractivity contribution in [2.75, 3.05) is 29.5 Å². The van der Waals surface area contributed by atoms with Crippen LogP contribution in [0.15, 0.2) is 63.7 Å². The Labute approximate surface area is 267 Å². The number of nitrogens with zero attached hydrogens (tertiary/aromatic N) is 3. The topological polar surface area (TPSA) is 148 Å². The zero-order valence-corrected chi connectivity index (χ0v) is 29.1. The Balaban J connectivity index is 2.11. The molecule has 0 radical (unpaired) electrons. The van der Waals surface area contributed by atoms with Gasteiger partial charge in [-0.05, 0) is 90.8 Å². The lowest BCUT2D eigenvalue weighted by atomic mass is 9.63. The highest BCUT2D eigenvalue weighted by molar-refractivity contribution is 7.86. The molecule has 1 aliphatic heterocycles. The second-order valence-corrected chi connectivity index (χ2v) is 16.9. The molecule has 0 atom stereocenters. The summed E-state index contributed by atoms with van der Waals surface area (Å²) in [5, 5.41) is 10.6. The minimum Gasteiger partial charge on any atom is -0.363 e. The fourth-order valence-corrected chi connectivity index (χ4v) is 8.04. The zero-order valence-electron chi connectivity index (χ0n) is 27.5. The normalized spacial score (nSPS) is 20.5. The van der Waals surface area contributed by atoms with Crippen LogP contribution in [0.4, 0.5) is 5.69 Å². The predicted octanol–water partition coefficient (Wildman–Crippen LogP) is 6.33. The zero-order chi connectivity index (χ0) is 33.9. The predicted molar refractivity (Wildman–Crippen MR) is 182 cm³/mol. The van der Waals surface area contributed by atoms with Gasteiger partial charge < -0.3 is 4.90 Å². The maximum atomic E-state index is 12.2. The van der Waals surface area contributed by atoms with E-state index < -0.39 is 48.1 Å². The summed E-state index contributed by atoms with van der Waals surface area (Å²) >= 11 is 0. The molecule has 0 amide bonds. The number of aliphatic imine (C=N–C) groups is 1. The Morgan fingerprint density at radius 3 is 2.18 bits per heavy atom. The molecule has 0 spiro atoms. The molecule has 0 bridgehead atoms. The third-order valence-electron chi connectivity index (χ3n) is 8.40. The number of hydrogen-bond acceptors (Lipinski definition) is 7. The van der Waals surface area contributed by atoms with Gasteiger partial charge >= 0.3 is 0 Å². The molecule has 3 aliphatic rings. The van der Waals surface area contributed by atoms with Gasteiger partial charge in [0, 0.05) is 35.3 Å². The standard InChI is InChI=1S/C34H43N3O6S2/c1-10-36-30-14-28-25(12-23(30)21(16-32(3,4)5)19-44(38,39)40)27(18-35)26-13-24-22(20-45(41,42)43)17-33(6,7)37(11-2)31(24)15-29(26)34(28,8)9/h12-17H,10-11,19-20H2,1-9H3,(H,38,39,40)(H,41,42,43)/b21-16-,36-30?. The van der Waals surface area contributed by atoms with Crippen LogP contribution >= 0.6 is 0 Å². The van der Waals surface area contributed by atoms with Crippen molar-refractivity contribution in [2.45, 2.75) is 73.3 Å². The number of hydrogen-bond donors (Lipinski definition) is 2. The third-order valence-corrected chi connectivity index (χ3v) is 9.75. The van der Waals surface area contributed by atoms with Crippen molar-refractivity contribution in [1.82, 2.24) is 0 Å². The third kappa shape index (κ3) is 6.94. The molecule has 45 heavy (non-hydrogen) atoms. The molecule has 0 saturated heterocycles. The van der Waals surface area contributed by atoms with Gasteiger partial charge in [-0.1, -0.05) is 46.8 Å². The fraction of sp³-hybridized carbons (Fsp3) is 0.471. The van der Waals surface area contributed by atoms with E-state index in [9.17, 15) is 31.2 Å². The first-order valence-electron chi connectivity index (χ1n) is 15.0. The molecule has 0 fully saturated rings. The lowest BCUT2D eigenvalue weighted by Gasteiger charge is -2.45. The van der Waals surface area contributed by atoms with Crippen LogP contribution in [-0.4, -0.2) is 61.8 Å². The van der Waals surface area contributed by atoms with Crippen LogP contribution in [0.3, 0.4) is 0 Å². The molecular weight excluding hydrogens is 611 g/mol. The van der Waals surface area contributed by atoms with E-state index >= 15 is 0 Å². The SMILES string of the molecule is CCN=C1C=C2C(=C(C#N)c3cc4c(cc3C2(C)C)N(CC)C(C)(C)C=C4CS(=O)(=O)O)C=C1/C(=C\C(C)(C)C)CS(=O)(=O)O. The van der Waals surface area contributed by atoms with Gasteiger partial charge in [-0.15, -0.1) is 0 Å². The summed E-state index contributed by atoms with van der Waals surface area (Å²) in [7, 11) is -8.75. The minimum absolute atomic E-state index is 0.354. The second-order valence-electron chi connectivity index (χ2n) is 14.0. The smallest absolute Gasteiger partial charge is 0.269 e. The van der Waals surface area contributed by atoms with E-state index in [0.29, 0.717) is 57.8 Å². The average molecular weight is 654 g/mol. The summed E-state index contributed by atoms with van der Waals surface area (Å²) < 4.78 is 68.3. The van der Waals surface area contributed by atoms with Gasteiger partial charge in [0.2, 0.25) is 0 Å². The summed E-state index contributed by atoms with van der Waals surface area (Å²) in [4.78, 5) is 6.90. The van der Waals surface area contributed by atoms with Crippen LogP contribution in [0.1, 0.15) is 79.0 Å². The van der Waals surface area contributed by atoms with E-state index in [4.69, 9.17) is 4.99 Å². The van der Waals surface area contributed by atoms with E-state index in [1.54, 1.807) is 12.2 Å². The van der Waals surface area contributed by atoms with Gasteiger partial charge in [-0.2, -0.15) is 22.1 Å². The van der Waals surface area contributed by atoms with Crippen molar-refractivity contribution >= 4 is 42.8 Å². The molecule has 9 nitrogen and oxygen atoms in total. The fourth-order valence-electron chi connectivity index (χ4n) is 6.78. The molecule has 0 saturated carbocycles. The van der Waals surface area contributed by atoms with Gasteiger partial charge in [-0.25, -0.2) is 0 Å². The van der Waals surface area contributed by atoms with Gasteiger partial charge in [0.1, 0.15) is 17.6 Å².